The van der Waals surface area contributed by atoms with Gasteiger partial charge < -0.3 is 15.2 Å². The molecule has 1 atom stereocenters. The van der Waals surface area contributed by atoms with E-state index in [0.29, 0.717) is 26.0 Å². The molecule has 0 fully saturated rings. The largest absolute Gasteiger partial charge is 0.393 e. The third kappa shape index (κ3) is 5.29. The third-order valence-electron chi connectivity index (χ3n) is 2.68. The molecule has 4 nitrogen and oxygen atoms in total. The van der Waals surface area contributed by atoms with Crippen LogP contribution >= 0.6 is 0 Å². The van der Waals surface area contributed by atoms with Gasteiger partial charge in [-0.25, -0.2) is 0 Å². The first-order valence-corrected chi connectivity index (χ1v) is 6.14. The van der Waals surface area contributed by atoms with Crippen molar-refractivity contribution in [3.63, 3.8) is 0 Å². The first-order valence-electron chi connectivity index (χ1n) is 6.14. The summed E-state index contributed by atoms with van der Waals surface area (Å²) < 4.78 is 5.11. The molecule has 0 radical (unpaired) electrons. The summed E-state index contributed by atoms with van der Waals surface area (Å²) in [4.78, 5) is 11.5. The van der Waals surface area contributed by atoms with Gasteiger partial charge in [-0.05, 0) is 24.5 Å². The Kier molecular flexibility index (Phi) is 6.39. The van der Waals surface area contributed by atoms with Crippen LogP contribution in [0.25, 0.3) is 0 Å². The fourth-order valence-corrected chi connectivity index (χ4v) is 1.65. The number of carbonyl (C=O) groups excluding carboxylic acids is 1. The predicted octanol–water partition coefficient (Wildman–Crippen LogP) is 1.61. The minimum absolute atomic E-state index is 0.0388. The van der Waals surface area contributed by atoms with E-state index >= 15 is 0 Å². The van der Waals surface area contributed by atoms with Crippen molar-refractivity contribution in [2.45, 2.75) is 39.0 Å². The summed E-state index contributed by atoms with van der Waals surface area (Å²) >= 11 is 0. The first kappa shape index (κ1) is 14.7. The van der Waals surface area contributed by atoms with E-state index in [-0.39, 0.29) is 5.91 Å². The van der Waals surface area contributed by atoms with Crippen LogP contribution in [0.15, 0.2) is 24.3 Å². The highest BCUT2D eigenvalue weighted by atomic mass is 16.5. The average Bonchev–Trinajstić information content (AvgIpc) is 2.35. The highest BCUT2D eigenvalue weighted by molar-refractivity contribution is 5.75. The lowest BCUT2D eigenvalue weighted by molar-refractivity contribution is -0.121. The summed E-state index contributed by atoms with van der Waals surface area (Å²) in [5, 5.41) is 12.0. The molecule has 0 heterocycles. The van der Waals surface area contributed by atoms with E-state index < -0.39 is 6.10 Å². The van der Waals surface area contributed by atoms with Crippen LogP contribution < -0.4 is 5.32 Å². The molecule has 1 amide bonds. The molecule has 0 saturated heterocycles. The molecule has 1 rings (SSSR count). The van der Waals surface area contributed by atoms with Crippen molar-refractivity contribution in [3.05, 3.63) is 35.4 Å². The fraction of sp³-hybridized carbons (Fsp3) is 0.500. The van der Waals surface area contributed by atoms with E-state index in [0.717, 1.165) is 11.1 Å². The number of benzene rings is 1. The van der Waals surface area contributed by atoms with Gasteiger partial charge in [0.05, 0.1) is 12.7 Å². The number of methoxy groups -OCH3 is 1. The molecule has 0 spiro atoms. The van der Waals surface area contributed by atoms with Gasteiger partial charge >= 0.3 is 0 Å². The Balaban J connectivity index is 2.45. The maximum Gasteiger partial charge on any atom is 0.220 e. The number of carbonyl (C=O) groups is 1. The predicted molar refractivity (Wildman–Crippen MR) is 69.9 cm³/mol. The van der Waals surface area contributed by atoms with Gasteiger partial charge in [-0.1, -0.05) is 24.3 Å². The molecule has 1 aromatic carbocycles. The number of ether oxygens (including phenoxy) is 1. The molecule has 4 heteroatoms. The number of aliphatic hydroxyl groups is 1. The summed E-state index contributed by atoms with van der Waals surface area (Å²) in [5.74, 6) is -0.0388. The number of nitrogens with one attached hydrogen (secondary N) is 1. The lowest BCUT2D eigenvalue weighted by Gasteiger charge is -2.10. The van der Waals surface area contributed by atoms with Crippen molar-refractivity contribution in [1.29, 1.82) is 0 Å². The van der Waals surface area contributed by atoms with Crippen LogP contribution in [-0.4, -0.2) is 24.2 Å². The van der Waals surface area contributed by atoms with Gasteiger partial charge in [0.1, 0.15) is 0 Å². The van der Waals surface area contributed by atoms with Crippen molar-refractivity contribution >= 4 is 5.91 Å². The maximum absolute atomic E-state index is 11.5. The molecule has 0 bridgehead atoms. The summed E-state index contributed by atoms with van der Waals surface area (Å²) in [6.07, 6.45) is 0.409. The van der Waals surface area contributed by atoms with Crippen LogP contribution in [0.1, 0.15) is 30.9 Å². The van der Waals surface area contributed by atoms with Crippen molar-refractivity contribution in [3.8, 4) is 0 Å². The fourth-order valence-electron chi connectivity index (χ4n) is 1.65. The molecule has 0 saturated carbocycles. The van der Waals surface area contributed by atoms with E-state index in [1.54, 1.807) is 14.0 Å². The van der Waals surface area contributed by atoms with Crippen LogP contribution in [0.2, 0.25) is 0 Å². The number of rotatable bonds is 7. The highest BCUT2D eigenvalue weighted by Crippen LogP contribution is 2.09. The summed E-state index contributed by atoms with van der Waals surface area (Å²) in [7, 11) is 1.65. The molecule has 18 heavy (non-hydrogen) atoms. The standard InChI is InChI=1S/C14H21NO3/c1-11(16)7-8-14(17)15-9-12-5-3-4-6-13(12)10-18-2/h3-6,11,16H,7-10H2,1-2H3,(H,15,17). The third-order valence-corrected chi connectivity index (χ3v) is 2.68. The van der Waals surface area contributed by atoms with E-state index in [1.807, 2.05) is 24.3 Å². The van der Waals surface area contributed by atoms with Gasteiger partial charge in [0, 0.05) is 20.1 Å². The lowest BCUT2D eigenvalue weighted by atomic mass is 10.1. The molecule has 1 unspecified atom stereocenters. The Labute approximate surface area is 108 Å². The van der Waals surface area contributed by atoms with E-state index in [2.05, 4.69) is 5.32 Å². The van der Waals surface area contributed by atoms with E-state index in [1.165, 1.54) is 0 Å². The number of hydrogen-bond acceptors (Lipinski definition) is 3. The zero-order valence-electron chi connectivity index (χ0n) is 11.0. The van der Waals surface area contributed by atoms with Gasteiger partial charge in [0.2, 0.25) is 5.91 Å². The number of hydrogen-bond donors (Lipinski definition) is 2. The van der Waals surface area contributed by atoms with Crippen molar-refractivity contribution in [1.82, 2.24) is 5.32 Å². The first-order chi connectivity index (χ1) is 8.63. The van der Waals surface area contributed by atoms with Gasteiger partial charge in [-0.3, -0.25) is 4.79 Å². The minimum atomic E-state index is -0.434. The monoisotopic (exact) mass is 251 g/mol. The van der Waals surface area contributed by atoms with Crippen LogP contribution in [0.3, 0.4) is 0 Å². The molecular weight excluding hydrogens is 230 g/mol. The molecule has 0 aliphatic carbocycles. The quantitative estimate of drug-likeness (QED) is 0.774. The Morgan fingerprint density at radius 1 is 1.39 bits per heavy atom. The zero-order valence-corrected chi connectivity index (χ0v) is 11.0. The van der Waals surface area contributed by atoms with Crippen LogP contribution in [0.5, 0.6) is 0 Å². The zero-order chi connectivity index (χ0) is 13.4. The average molecular weight is 251 g/mol. The minimum Gasteiger partial charge on any atom is -0.393 e. The molecular formula is C14H21NO3. The van der Waals surface area contributed by atoms with Gasteiger partial charge in [-0.2, -0.15) is 0 Å². The summed E-state index contributed by atoms with van der Waals surface area (Å²) in [6.45, 7) is 2.72. The maximum atomic E-state index is 11.5. The highest BCUT2D eigenvalue weighted by Gasteiger charge is 2.06. The van der Waals surface area contributed by atoms with Crippen LogP contribution in [-0.2, 0) is 22.7 Å². The summed E-state index contributed by atoms with van der Waals surface area (Å²) in [6, 6.07) is 7.85. The van der Waals surface area contributed by atoms with Crippen LogP contribution in [0, 0.1) is 0 Å². The topological polar surface area (TPSA) is 58.6 Å². The van der Waals surface area contributed by atoms with Gasteiger partial charge in [-0.15, -0.1) is 0 Å². The van der Waals surface area contributed by atoms with Crippen molar-refractivity contribution < 1.29 is 14.6 Å². The second-order valence-electron chi connectivity index (χ2n) is 4.37. The normalized spacial score (nSPS) is 12.2. The molecule has 0 aliphatic rings. The number of aliphatic hydroxyl groups excluding tert-OH is 1. The molecule has 100 valence electrons. The Bertz CT molecular complexity index is 377. The van der Waals surface area contributed by atoms with Gasteiger partial charge in [0.15, 0.2) is 0 Å². The van der Waals surface area contributed by atoms with Crippen molar-refractivity contribution in [2.75, 3.05) is 7.11 Å². The molecule has 0 aromatic heterocycles. The lowest BCUT2D eigenvalue weighted by Crippen LogP contribution is -2.24. The molecule has 1 aromatic rings. The second kappa shape index (κ2) is 7.84. The van der Waals surface area contributed by atoms with Gasteiger partial charge in [0.25, 0.3) is 0 Å². The van der Waals surface area contributed by atoms with Crippen molar-refractivity contribution in [2.24, 2.45) is 0 Å². The summed E-state index contributed by atoms with van der Waals surface area (Å²) in [5.41, 5.74) is 2.14. The van der Waals surface area contributed by atoms with E-state index in [4.69, 9.17) is 9.84 Å². The number of amides is 1. The Morgan fingerprint density at radius 2 is 2.06 bits per heavy atom. The second-order valence-corrected chi connectivity index (χ2v) is 4.37. The SMILES string of the molecule is COCc1ccccc1CNC(=O)CCC(C)O. The Hall–Kier alpha value is -1.39. The van der Waals surface area contributed by atoms with Crippen LogP contribution in [0.4, 0.5) is 0 Å². The van der Waals surface area contributed by atoms with E-state index in [9.17, 15) is 4.79 Å². The smallest absolute Gasteiger partial charge is 0.220 e. The molecule has 0 aliphatic heterocycles. The Morgan fingerprint density at radius 3 is 2.67 bits per heavy atom. The molecule has 2 N–H and O–H groups in total.